The molecule has 5 nitrogen and oxygen atoms in total. The van der Waals surface area contributed by atoms with Gasteiger partial charge in [0, 0.05) is 16.3 Å². The number of hydrogen-bond donors (Lipinski definition) is 2. The third-order valence-corrected chi connectivity index (χ3v) is 6.40. The fraction of sp³-hybridized carbons (Fsp3) is 0.0952. The first-order chi connectivity index (χ1) is 13.6. The van der Waals surface area contributed by atoms with Crippen molar-refractivity contribution >= 4 is 33.7 Å². The van der Waals surface area contributed by atoms with Crippen molar-refractivity contribution < 1.29 is 8.42 Å². The summed E-state index contributed by atoms with van der Waals surface area (Å²) < 4.78 is 27.5. The first kappa shape index (κ1) is 20.0. The van der Waals surface area contributed by atoms with E-state index in [4.69, 9.17) is 5.84 Å². The molecule has 7 heteroatoms. The number of nitrogens with one attached hydrogen (secondary N) is 1. The Morgan fingerprint density at radius 3 is 2.43 bits per heavy atom. The van der Waals surface area contributed by atoms with E-state index in [0.717, 1.165) is 22.6 Å². The summed E-state index contributed by atoms with van der Waals surface area (Å²) in [5, 5.41) is 3.51. The molecule has 0 aliphatic heterocycles. The second-order valence-electron chi connectivity index (χ2n) is 6.06. The maximum Gasteiger partial charge on any atom is 0.261 e. The summed E-state index contributed by atoms with van der Waals surface area (Å²) >= 11 is 1.68. The lowest BCUT2D eigenvalue weighted by atomic mass is 10.1. The van der Waals surface area contributed by atoms with Crippen LogP contribution in [0.25, 0.3) is 0 Å². The number of hydrogen-bond acceptors (Lipinski definition) is 5. The molecule has 0 unspecified atom stereocenters. The van der Waals surface area contributed by atoms with Gasteiger partial charge in [0.1, 0.15) is 0 Å². The second-order valence-corrected chi connectivity index (χ2v) is 8.92. The molecule has 0 heterocycles. The average Bonchev–Trinajstić information content (AvgIpc) is 2.70. The minimum Gasteiger partial charge on any atom is -0.323 e. The number of sulfonamides is 1. The van der Waals surface area contributed by atoms with Crippen LogP contribution in [0.4, 0.5) is 5.69 Å². The van der Waals surface area contributed by atoms with Crippen LogP contribution in [0.2, 0.25) is 0 Å². The number of benzene rings is 3. The van der Waals surface area contributed by atoms with Crippen LogP contribution < -0.4 is 10.6 Å². The maximum atomic E-state index is 12.5. The first-order valence-electron chi connectivity index (χ1n) is 8.70. The Bertz CT molecular complexity index is 1030. The van der Waals surface area contributed by atoms with Crippen LogP contribution in [-0.4, -0.2) is 20.4 Å². The van der Waals surface area contributed by atoms with E-state index >= 15 is 0 Å². The SMILES string of the molecule is NN=Cc1ccc(CCSc2cccc(NS(=O)(=O)c3ccccc3)c2)cc1. The van der Waals surface area contributed by atoms with Crippen molar-refractivity contribution in [2.45, 2.75) is 16.2 Å². The van der Waals surface area contributed by atoms with Crippen LogP contribution >= 0.6 is 11.8 Å². The molecule has 0 aliphatic rings. The van der Waals surface area contributed by atoms with E-state index in [2.05, 4.69) is 22.0 Å². The fourth-order valence-corrected chi connectivity index (χ4v) is 4.64. The summed E-state index contributed by atoms with van der Waals surface area (Å²) in [7, 11) is -3.58. The number of aryl methyl sites for hydroxylation is 1. The maximum absolute atomic E-state index is 12.5. The zero-order valence-electron chi connectivity index (χ0n) is 15.2. The number of thioether (sulfide) groups is 1. The highest BCUT2D eigenvalue weighted by atomic mass is 32.2. The van der Waals surface area contributed by atoms with Crippen molar-refractivity contribution in [3.05, 3.63) is 90.0 Å². The van der Waals surface area contributed by atoms with Crippen molar-refractivity contribution in [2.24, 2.45) is 10.9 Å². The van der Waals surface area contributed by atoms with E-state index in [9.17, 15) is 8.42 Å². The van der Waals surface area contributed by atoms with Gasteiger partial charge in [-0.25, -0.2) is 8.42 Å². The molecule has 0 aliphatic carbocycles. The summed E-state index contributed by atoms with van der Waals surface area (Å²) in [6, 6.07) is 23.9. The van der Waals surface area contributed by atoms with Gasteiger partial charge in [0.25, 0.3) is 10.0 Å². The lowest BCUT2D eigenvalue weighted by molar-refractivity contribution is 0.601. The largest absolute Gasteiger partial charge is 0.323 e. The van der Waals surface area contributed by atoms with Crippen LogP contribution in [0.15, 0.2) is 93.8 Å². The Labute approximate surface area is 169 Å². The summed E-state index contributed by atoms with van der Waals surface area (Å²) in [5.41, 5.74) is 2.75. The molecule has 0 saturated carbocycles. The first-order valence-corrected chi connectivity index (χ1v) is 11.2. The van der Waals surface area contributed by atoms with Gasteiger partial charge in [0.15, 0.2) is 0 Å². The molecular weight excluding hydrogens is 390 g/mol. The molecular formula is C21H21N3O2S2. The van der Waals surface area contributed by atoms with Gasteiger partial charge in [-0.3, -0.25) is 4.72 Å². The highest BCUT2D eigenvalue weighted by Gasteiger charge is 2.13. The third kappa shape index (κ3) is 5.61. The fourth-order valence-electron chi connectivity index (χ4n) is 2.61. The molecule has 0 amide bonds. The van der Waals surface area contributed by atoms with Crippen LogP contribution in [0.3, 0.4) is 0 Å². The highest BCUT2D eigenvalue weighted by Crippen LogP contribution is 2.24. The van der Waals surface area contributed by atoms with Gasteiger partial charge >= 0.3 is 0 Å². The van der Waals surface area contributed by atoms with E-state index < -0.39 is 10.0 Å². The summed E-state index contributed by atoms with van der Waals surface area (Å²) in [4.78, 5) is 1.26. The van der Waals surface area contributed by atoms with Crippen LogP contribution in [0.5, 0.6) is 0 Å². The van der Waals surface area contributed by atoms with E-state index in [1.807, 2.05) is 30.3 Å². The molecule has 3 aromatic rings. The van der Waals surface area contributed by atoms with Crippen molar-refractivity contribution in [3.8, 4) is 0 Å². The van der Waals surface area contributed by atoms with E-state index in [0.29, 0.717) is 5.69 Å². The second kappa shape index (κ2) is 9.43. The summed E-state index contributed by atoms with van der Waals surface area (Å²) in [6.45, 7) is 0. The van der Waals surface area contributed by atoms with Crippen molar-refractivity contribution in [3.63, 3.8) is 0 Å². The van der Waals surface area contributed by atoms with Gasteiger partial charge in [-0.15, -0.1) is 11.8 Å². The van der Waals surface area contributed by atoms with Crippen molar-refractivity contribution in [1.29, 1.82) is 0 Å². The Morgan fingerprint density at radius 1 is 0.964 bits per heavy atom. The highest BCUT2D eigenvalue weighted by molar-refractivity contribution is 7.99. The van der Waals surface area contributed by atoms with E-state index in [-0.39, 0.29) is 4.90 Å². The quantitative estimate of drug-likeness (QED) is 0.253. The minimum atomic E-state index is -3.58. The molecule has 0 atom stereocenters. The molecule has 3 aromatic carbocycles. The van der Waals surface area contributed by atoms with Crippen LogP contribution in [0, 0.1) is 0 Å². The topological polar surface area (TPSA) is 84.5 Å². The Morgan fingerprint density at radius 2 is 1.71 bits per heavy atom. The van der Waals surface area contributed by atoms with Crippen LogP contribution in [-0.2, 0) is 16.4 Å². The predicted octanol–water partition coefficient (Wildman–Crippen LogP) is 4.11. The van der Waals surface area contributed by atoms with Crippen LogP contribution in [0.1, 0.15) is 11.1 Å². The molecule has 0 radical (unpaired) electrons. The van der Waals surface area contributed by atoms with E-state index in [1.54, 1.807) is 54.4 Å². The summed E-state index contributed by atoms with van der Waals surface area (Å²) in [6.07, 6.45) is 2.52. The number of anilines is 1. The number of hydrazone groups is 1. The molecule has 0 bridgehead atoms. The van der Waals surface area contributed by atoms with Gasteiger partial charge in [-0.1, -0.05) is 48.5 Å². The van der Waals surface area contributed by atoms with Gasteiger partial charge in [-0.2, -0.15) is 5.10 Å². The number of nitrogens with two attached hydrogens (primary N) is 1. The third-order valence-electron chi connectivity index (χ3n) is 4.00. The molecule has 3 N–H and O–H groups in total. The Balaban J connectivity index is 1.59. The average molecular weight is 412 g/mol. The van der Waals surface area contributed by atoms with Crippen molar-refractivity contribution in [1.82, 2.24) is 0 Å². The molecule has 28 heavy (non-hydrogen) atoms. The van der Waals surface area contributed by atoms with Gasteiger partial charge in [0.05, 0.1) is 11.1 Å². The zero-order valence-corrected chi connectivity index (χ0v) is 16.8. The normalized spacial score (nSPS) is 11.6. The minimum absolute atomic E-state index is 0.246. The lowest BCUT2D eigenvalue weighted by Gasteiger charge is -2.09. The monoisotopic (exact) mass is 411 g/mol. The predicted molar refractivity (Wildman–Crippen MR) is 116 cm³/mol. The van der Waals surface area contributed by atoms with Gasteiger partial charge in [0.2, 0.25) is 0 Å². The molecule has 0 fully saturated rings. The standard InChI is InChI=1S/C21H21N3O2S2/c22-23-16-18-11-9-17(10-12-18)13-14-27-20-6-4-5-19(15-20)24-28(25,26)21-7-2-1-3-8-21/h1-12,15-16,24H,13-14,22H2. The van der Waals surface area contributed by atoms with Gasteiger partial charge < -0.3 is 5.84 Å². The smallest absolute Gasteiger partial charge is 0.261 e. The zero-order chi connectivity index (χ0) is 19.8. The Kier molecular flexibility index (Phi) is 6.73. The number of rotatable bonds is 8. The number of nitrogens with zero attached hydrogens (tertiary/aromatic N) is 1. The molecule has 144 valence electrons. The van der Waals surface area contributed by atoms with Gasteiger partial charge in [-0.05, 0) is 47.9 Å². The van der Waals surface area contributed by atoms with Crippen molar-refractivity contribution in [2.75, 3.05) is 10.5 Å². The lowest BCUT2D eigenvalue weighted by Crippen LogP contribution is -2.12. The van der Waals surface area contributed by atoms with E-state index in [1.165, 1.54) is 5.56 Å². The summed E-state index contributed by atoms with van der Waals surface area (Å²) in [5.74, 6) is 6.04. The Hall–Kier alpha value is -2.77. The molecule has 0 aromatic heterocycles. The molecule has 0 spiro atoms. The molecule has 0 saturated heterocycles. The molecule has 3 rings (SSSR count).